The van der Waals surface area contributed by atoms with Crippen molar-refractivity contribution in [2.45, 2.75) is 6.42 Å². The maximum atomic E-state index is 13.9. The summed E-state index contributed by atoms with van der Waals surface area (Å²) in [5.41, 5.74) is 1.27. The molecule has 0 atom stereocenters. The topological polar surface area (TPSA) is 64.1 Å². The van der Waals surface area contributed by atoms with Crippen LogP contribution in [0.1, 0.15) is 16.8 Å². The van der Waals surface area contributed by atoms with E-state index in [9.17, 15) is 4.79 Å². The standard InChI is InChI=1S/C26H29N3O4S.ClH/c1-28(2)11-8-12-29(26-27-20-15-22(32-4)23(33-5)16-24(20)34-26)25(30)19-13-17-9-6-7-10-18(17)14-21(19)31-3;/h6-7,9-10,13-16H,8,11-12H2,1-5H3;1H. The van der Waals surface area contributed by atoms with Gasteiger partial charge in [0.25, 0.3) is 5.91 Å². The molecule has 0 N–H and O–H groups in total. The summed E-state index contributed by atoms with van der Waals surface area (Å²) in [5, 5.41) is 2.64. The fourth-order valence-corrected chi connectivity index (χ4v) is 4.89. The Morgan fingerprint density at radius 3 is 2.14 bits per heavy atom. The van der Waals surface area contributed by atoms with Gasteiger partial charge in [-0.3, -0.25) is 9.69 Å². The third-order valence-electron chi connectivity index (χ3n) is 5.64. The van der Waals surface area contributed by atoms with Crippen LogP contribution < -0.4 is 19.1 Å². The molecule has 0 aliphatic heterocycles. The number of aromatic nitrogens is 1. The molecule has 4 rings (SSSR count). The Hall–Kier alpha value is -3.07. The van der Waals surface area contributed by atoms with Crippen molar-refractivity contribution in [2.75, 3.05) is 53.4 Å². The normalized spacial score (nSPS) is 10.9. The van der Waals surface area contributed by atoms with Crippen molar-refractivity contribution in [3.05, 3.63) is 54.1 Å². The van der Waals surface area contributed by atoms with Gasteiger partial charge in [0.15, 0.2) is 16.6 Å². The molecule has 0 bridgehead atoms. The van der Waals surface area contributed by atoms with E-state index in [0.29, 0.717) is 34.5 Å². The number of anilines is 1. The maximum absolute atomic E-state index is 13.9. The van der Waals surface area contributed by atoms with Gasteiger partial charge in [-0.25, -0.2) is 4.98 Å². The first-order chi connectivity index (χ1) is 16.4. The largest absolute Gasteiger partial charge is 0.496 e. The number of methoxy groups -OCH3 is 3. The zero-order valence-corrected chi connectivity index (χ0v) is 22.2. The zero-order chi connectivity index (χ0) is 24.2. The first-order valence-corrected chi connectivity index (χ1v) is 11.8. The van der Waals surface area contributed by atoms with E-state index >= 15 is 0 Å². The van der Waals surface area contributed by atoms with E-state index in [1.165, 1.54) is 11.3 Å². The molecule has 35 heavy (non-hydrogen) atoms. The van der Waals surface area contributed by atoms with Crippen LogP contribution in [-0.4, -0.2) is 64.3 Å². The summed E-state index contributed by atoms with van der Waals surface area (Å²) in [5.74, 6) is 1.64. The fraction of sp³-hybridized carbons (Fsp3) is 0.308. The molecule has 0 aliphatic carbocycles. The number of carbonyl (C=O) groups is 1. The van der Waals surface area contributed by atoms with Crippen LogP contribution in [0, 0.1) is 0 Å². The molecule has 3 aromatic carbocycles. The number of hydrogen-bond donors (Lipinski definition) is 0. The molecule has 186 valence electrons. The molecule has 1 heterocycles. The van der Waals surface area contributed by atoms with E-state index in [1.807, 2.05) is 62.6 Å². The molecule has 1 amide bonds. The number of carbonyl (C=O) groups excluding carboxylic acids is 1. The highest BCUT2D eigenvalue weighted by Gasteiger charge is 2.25. The minimum Gasteiger partial charge on any atom is -0.496 e. The first kappa shape index (κ1) is 26.5. The van der Waals surface area contributed by atoms with Crippen LogP contribution in [0.5, 0.6) is 17.2 Å². The number of hydrogen-bond acceptors (Lipinski definition) is 7. The van der Waals surface area contributed by atoms with E-state index in [2.05, 4.69) is 4.90 Å². The monoisotopic (exact) mass is 515 g/mol. The molecule has 0 fully saturated rings. The number of nitrogens with zero attached hydrogens (tertiary/aromatic N) is 3. The van der Waals surface area contributed by atoms with Gasteiger partial charge in [0.05, 0.1) is 37.1 Å². The Balaban J connectivity index is 0.00000342. The molecular weight excluding hydrogens is 486 g/mol. The molecule has 0 radical (unpaired) electrons. The lowest BCUT2D eigenvalue weighted by Gasteiger charge is -2.22. The molecule has 0 unspecified atom stereocenters. The van der Waals surface area contributed by atoms with Crippen LogP contribution in [0.15, 0.2) is 48.5 Å². The van der Waals surface area contributed by atoms with Crippen molar-refractivity contribution >= 4 is 55.8 Å². The predicted molar refractivity (Wildman–Crippen MR) is 145 cm³/mol. The third kappa shape index (κ3) is 5.61. The quantitative estimate of drug-likeness (QED) is 0.293. The average molecular weight is 516 g/mol. The minimum absolute atomic E-state index is 0. The smallest absolute Gasteiger partial charge is 0.263 e. The Morgan fingerprint density at radius 2 is 1.51 bits per heavy atom. The summed E-state index contributed by atoms with van der Waals surface area (Å²) in [6, 6.07) is 15.5. The molecular formula is C26H30ClN3O4S. The molecule has 4 aromatic rings. The van der Waals surface area contributed by atoms with E-state index in [0.717, 1.165) is 34.0 Å². The second-order valence-corrected chi connectivity index (χ2v) is 9.19. The van der Waals surface area contributed by atoms with Gasteiger partial charge in [0.2, 0.25) is 0 Å². The average Bonchev–Trinajstić information content (AvgIpc) is 3.26. The van der Waals surface area contributed by atoms with Gasteiger partial charge < -0.3 is 19.1 Å². The summed E-state index contributed by atoms with van der Waals surface area (Å²) in [6.07, 6.45) is 0.803. The second-order valence-electron chi connectivity index (χ2n) is 8.18. The summed E-state index contributed by atoms with van der Waals surface area (Å²) in [4.78, 5) is 22.6. The SMILES string of the molecule is COc1cc2nc(N(CCCN(C)C)C(=O)c3cc4ccccc4cc3OC)sc2cc1OC.Cl. The van der Waals surface area contributed by atoms with Gasteiger partial charge in [-0.1, -0.05) is 35.6 Å². The van der Waals surface area contributed by atoms with Gasteiger partial charge in [0.1, 0.15) is 5.75 Å². The van der Waals surface area contributed by atoms with Crippen molar-refractivity contribution in [3.8, 4) is 17.2 Å². The molecule has 1 aromatic heterocycles. The van der Waals surface area contributed by atoms with Crippen LogP contribution in [-0.2, 0) is 0 Å². The number of amides is 1. The van der Waals surface area contributed by atoms with Crippen molar-refractivity contribution in [2.24, 2.45) is 0 Å². The van der Waals surface area contributed by atoms with Crippen LogP contribution in [0.4, 0.5) is 5.13 Å². The highest BCUT2D eigenvalue weighted by molar-refractivity contribution is 7.22. The highest BCUT2D eigenvalue weighted by Crippen LogP contribution is 2.38. The van der Waals surface area contributed by atoms with Crippen LogP contribution in [0.2, 0.25) is 0 Å². The van der Waals surface area contributed by atoms with Crippen LogP contribution in [0.25, 0.3) is 21.0 Å². The van der Waals surface area contributed by atoms with Crippen molar-refractivity contribution in [3.63, 3.8) is 0 Å². The van der Waals surface area contributed by atoms with Gasteiger partial charge in [0, 0.05) is 18.7 Å². The molecule has 0 saturated heterocycles. The second kappa shape index (κ2) is 11.6. The summed E-state index contributed by atoms with van der Waals surface area (Å²) in [7, 11) is 8.84. The highest BCUT2D eigenvalue weighted by atomic mass is 35.5. The summed E-state index contributed by atoms with van der Waals surface area (Å²) in [6.45, 7) is 1.38. The molecule has 9 heteroatoms. The van der Waals surface area contributed by atoms with Crippen LogP contribution in [0.3, 0.4) is 0 Å². The lowest BCUT2D eigenvalue weighted by atomic mass is 10.0. The molecule has 0 saturated carbocycles. The maximum Gasteiger partial charge on any atom is 0.263 e. The Kier molecular flexibility index (Phi) is 8.77. The van der Waals surface area contributed by atoms with Crippen molar-refractivity contribution in [1.82, 2.24) is 9.88 Å². The van der Waals surface area contributed by atoms with E-state index in [1.54, 1.807) is 26.2 Å². The lowest BCUT2D eigenvalue weighted by molar-refractivity contribution is 0.0983. The van der Waals surface area contributed by atoms with E-state index in [4.69, 9.17) is 19.2 Å². The third-order valence-corrected chi connectivity index (χ3v) is 6.68. The Morgan fingerprint density at radius 1 is 0.886 bits per heavy atom. The Bertz CT molecular complexity index is 1280. The minimum atomic E-state index is -0.139. The number of halogens is 1. The van der Waals surface area contributed by atoms with Crippen molar-refractivity contribution < 1.29 is 19.0 Å². The van der Waals surface area contributed by atoms with E-state index in [-0.39, 0.29) is 18.3 Å². The number of ether oxygens (including phenoxy) is 3. The fourth-order valence-electron chi connectivity index (χ4n) is 3.89. The number of benzene rings is 3. The molecule has 0 spiro atoms. The number of fused-ring (bicyclic) bond motifs is 2. The van der Waals surface area contributed by atoms with Gasteiger partial charge >= 0.3 is 0 Å². The van der Waals surface area contributed by atoms with Gasteiger partial charge in [-0.15, -0.1) is 12.4 Å². The lowest BCUT2D eigenvalue weighted by Crippen LogP contribution is -2.33. The Labute approximate surface area is 215 Å². The van der Waals surface area contributed by atoms with Crippen LogP contribution >= 0.6 is 23.7 Å². The van der Waals surface area contributed by atoms with E-state index < -0.39 is 0 Å². The predicted octanol–water partition coefficient (Wildman–Crippen LogP) is 5.50. The summed E-state index contributed by atoms with van der Waals surface area (Å²) < 4.78 is 17.4. The number of rotatable bonds is 9. The zero-order valence-electron chi connectivity index (χ0n) is 20.5. The summed E-state index contributed by atoms with van der Waals surface area (Å²) >= 11 is 1.46. The molecule has 7 nitrogen and oxygen atoms in total. The van der Waals surface area contributed by atoms with Gasteiger partial charge in [-0.05, 0) is 50.0 Å². The molecule has 0 aliphatic rings. The first-order valence-electron chi connectivity index (χ1n) is 11.0. The number of thiazole rings is 1. The van der Waals surface area contributed by atoms with Crippen molar-refractivity contribution in [1.29, 1.82) is 0 Å². The van der Waals surface area contributed by atoms with Gasteiger partial charge in [-0.2, -0.15) is 0 Å².